The molecule has 0 saturated carbocycles. The Kier molecular flexibility index (Phi) is 5.17. The Balaban J connectivity index is 2.52. The number of likely N-dealkylation sites (N-methyl/N-ethyl adjacent to an activating group) is 1. The monoisotopic (exact) mass is 272 g/mol. The fourth-order valence-corrected chi connectivity index (χ4v) is 2.21. The first kappa shape index (κ1) is 15.8. The van der Waals surface area contributed by atoms with E-state index in [4.69, 9.17) is 9.84 Å². The van der Waals surface area contributed by atoms with Gasteiger partial charge in [-0.3, -0.25) is 9.69 Å². The number of hydrogen-bond donors (Lipinski definition) is 1. The highest BCUT2D eigenvalue weighted by molar-refractivity contribution is 5.69. The van der Waals surface area contributed by atoms with Gasteiger partial charge in [0.15, 0.2) is 0 Å². The Bertz CT molecular complexity index is 338. The highest BCUT2D eigenvalue weighted by atomic mass is 16.6. The van der Waals surface area contributed by atoms with E-state index in [1.165, 1.54) is 0 Å². The van der Waals surface area contributed by atoms with E-state index in [0.717, 1.165) is 6.42 Å². The van der Waals surface area contributed by atoms with Gasteiger partial charge in [0, 0.05) is 19.1 Å². The number of carbonyl (C=O) groups excluding carboxylic acids is 1. The molecule has 0 bridgehead atoms. The average Bonchev–Trinajstić information content (AvgIpc) is 2.72. The summed E-state index contributed by atoms with van der Waals surface area (Å²) < 4.78 is 5.32. The van der Waals surface area contributed by atoms with Crippen molar-refractivity contribution in [2.75, 3.05) is 26.2 Å². The van der Waals surface area contributed by atoms with Crippen molar-refractivity contribution >= 4 is 12.1 Å². The van der Waals surface area contributed by atoms with Crippen LogP contribution in [0, 0.1) is 0 Å². The maximum absolute atomic E-state index is 11.9. The van der Waals surface area contributed by atoms with Crippen LogP contribution in [0.2, 0.25) is 0 Å². The molecule has 1 unspecified atom stereocenters. The van der Waals surface area contributed by atoms with E-state index in [1.807, 2.05) is 32.6 Å². The number of likely N-dealkylation sites (tertiary alicyclic amines) is 1. The number of ether oxygens (including phenoxy) is 1. The van der Waals surface area contributed by atoms with Gasteiger partial charge >= 0.3 is 12.1 Å². The third kappa shape index (κ3) is 5.06. The molecular formula is C13H24N2O4. The topological polar surface area (TPSA) is 70.1 Å². The Hall–Kier alpha value is -1.30. The number of nitrogens with zero attached hydrogens (tertiary/aromatic N) is 2. The smallest absolute Gasteiger partial charge is 0.410 e. The summed E-state index contributed by atoms with van der Waals surface area (Å²) in [5.41, 5.74) is -0.499. The molecule has 1 N–H and O–H groups in total. The molecule has 0 aromatic rings. The van der Waals surface area contributed by atoms with Gasteiger partial charge in [-0.05, 0) is 33.7 Å². The first-order valence-corrected chi connectivity index (χ1v) is 6.66. The maximum Gasteiger partial charge on any atom is 0.410 e. The number of aliphatic carboxylic acids is 1. The van der Waals surface area contributed by atoms with Crippen molar-refractivity contribution in [3.05, 3.63) is 0 Å². The van der Waals surface area contributed by atoms with Crippen molar-refractivity contribution < 1.29 is 19.4 Å². The Labute approximate surface area is 114 Å². The largest absolute Gasteiger partial charge is 0.480 e. The lowest BCUT2D eigenvalue weighted by Gasteiger charge is -2.27. The molecule has 19 heavy (non-hydrogen) atoms. The predicted octanol–water partition coefficient (Wildman–Crippen LogP) is 1.40. The third-order valence-electron chi connectivity index (χ3n) is 3.08. The van der Waals surface area contributed by atoms with Crippen molar-refractivity contribution in [2.24, 2.45) is 0 Å². The molecule has 1 rings (SSSR count). The molecule has 0 radical (unpaired) electrons. The maximum atomic E-state index is 11.9. The van der Waals surface area contributed by atoms with Crippen molar-refractivity contribution in [3.8, 4) is 0 Å². The minimum atomic E-state index is -0.836. The SMILES string of the molecule is CCN(CC(=O)O)C1CCN(C(=O)OC(C)(C)C)C1. The fourth-order valence-electron chi connectivity index (χ4n) is 2.21. The summed E-state index contributed by atoms with van der Waals surface area (Å²) in [5, 5.41) is 8.86. The summed E-state index contributed by atoms with van der Waals surface area (Å²) in [6, 6.07) is 0.105. The van der Waals surface area contributed by atoms with Crippen LogP contribution in [0.3, 0.4) is 0 Å². The van der Waals surface area contributed by atoms with E-state index in [-0.39, 0.29) is 18.7 Å². The Morgan fingerprint density at radius 1 is 1.42 bits per heavy atom. The fraction of sp³-hybridized carbons (Fsp3) is 0.846. The molecule has 1 atom stereocenters. The van der Waals surface area contributed by atoms with Gasteiger partial charge in [-0.15, -0.1) is 0 Å². The van der Waals surface area contributed by atoms with E-state index in [1.54, 1.807) is 4.90 Å². The summed E-state index contributed by atoms with van der Waals surface area (Å²) in [6.45, 7) is 9.27. The number of carbonyl (C=O) groups is 2. The van der Waals surface area contributed by atoms with Crippen molar-refractivity contribution in [1.29, 1.82) is 0 Å². The number of carboxylic acids is 1. The molecule has 6 heteroatoms. The molecule has 1 amide bonds. The van der Waals surface area contributed by atoms with Crippen LogP contribution >= 0.6 is 0 Å². The van der Waals surface area contributed by atoms with Gasteiger partial charge in [-0.25, -0.2) is 4.79 Å². The quantitative estimate of drug-likeness (QED) is 0.837. The Morgan fingerprint density at radius 3 is 2.53 bits per heavy atom. The van der Waals surface area contributed by atoms with Gasteiger partial charge in [0.2, 0.25) is 0 Å². The molecule has 0 aromatic carbocycles. The van der Waals surface area contributed by atoms with Crippen molar-refractivity contribution in [2.45, 2.75) is 45.8 Å². The highest BCUT2D eigenvalue weighted by Crippen LogP contribution is 2.18. The molecule has 1 aliphatic heterocycles. The molecule has 6 nitrogen and oxygen atoms in total. The summed E-state index contributed by atoms with van der Waals surface area (Å²) in [7, 11) is 0. The van der Waals surface area contributed by atoms with Crippen LogP contribution in [0.15, 0.2) is 0 Å². The molecule has 1 aliphatic rings. The van der Waals surface area contributed by atoms with Crippen LogP contribution < -0.4 is 0 Å². The third-order valence-corrected chi connectivity index (χ3v) is 3.08. The molecule has 1 saturated heterocycles. The Morgan fingerprint density at radius 2 is 2.05 bits per heavy atom. The van der Waals surface area contributed by atoms with E-state index < -0.39 is 11.6 Å². The lowest BCUT2D eigenvalue weighted by molar-refractivity contribution is -0.138. The van der Waals surface area contributed by atoms with Crippen LogP contribution in [-0.4, -0.2) is 64.8 Å². The van der Waals surface area contributed by atoms with Crippen LogP contribution in [0.5, 0.6) is 0 Å². The number of amides is 1. The minimum absolute atomic E-state index is 0.0172. The molecule has 1 heterocycles. The first-order chi connectivity index (χ1) is 8.73. The minimum Gasteiger partial charge on any atom is -0.480 e. The highest BCUT2D eigenvalue weighted by Gasteiger charge is 2.32. The molecular weight excluding hydrogens is 248 g/mol. The van der Waals surface area contributed by atoms with Crippen LogP contribution in [-0.2, 0) is 9.53 Å². The zero-order chi connectivity index (χ0) is 14.6. The van der Waals surface area contributed by atoms with Crippen LogP contribution in [0.25, 0.3) is 0 Å². The second kappa shape index (κ2) is 6.23. The lowest BCUT2D eigenvalue weighted by atomic mass is 10.2. The average molecular weight is 272 g/mol. The van der Waals surface area contributed by atoms with Gasteiger partial charge in [0.25, 0.3) is 0 Å². The zero-order valence-electron chi connectivity index (χ0n) is 12.2. The van der Waals surface area contributed by atoms with Gasteiger partial charge in [0.1, 0.15) is 5.60 Å². The van der Waals surface area contributed by atoms with Crippen LogP contribution in [0.1, 0.15) is 34.1 Å². The van der Waals surface area contributed by atoms with Gasteiger partial charge < -0.3 is 14.7 Å². The van der Waals surface area contributed by atoms with E-state index in [9.17, 15) is 9.59 Å². The standard InChI is InChI=1S/C13H24N2O4/c1-5-14(9-11(16)17)10-6-7-15(8-10)12(18)19-13(2,3)4/h10H,5-9H2,1-4H3,(H,16,17). The first-order valence-electron chi connectivity index (χ1n) is 6.66. The number of hydrogen-bond acceptors (Lipinski definition) is 4. The molecule has 0 aliphatic carbocycles. The molecule has 0 aromatic heterocycles. The normalized spacial score (nSPS) is 19.8. The molecule has 1 fully saturated rings. The second-order valence-corrected chi connectivity index (χ2v) is 5.83. The predicted molar refractivity (Wildman–Crippen MR) is 71.1 cm³/mol. The number of carboxylic acid groups (broad SMARTS) is 1. The summed E-state index contributed by atoms with van der Waals surface area (Å²) in [5.74, 6) is -0.836. The van der Waals surface area contributed by atoms with E-state index >= 15 is 0 Å². The molecule has 110 valence electrons. The van der Waals surface area contributed by atoms with E-state index in [2.05, 4.69) is 0 Å². The van der Waals surface area contributed by atoms with Crippen molar-refractivity contribution in [1.82, 2.24) is 9.80 Å². The zero-order valence-corrected chi connectivity index (χ0v) is 12.2. The number of rotatable bonds is 4. The van der Waals surface area contributed by atoms with Gasteiger partial charge in [-0.2, -0.15) is 0 Å². The molecule has 0 spiro atoms. The summed E-state index contributed by atoms with van der Waals surface area (Å²) in [6.07, 6.45) is 0.474. The second-order valence-electron chi connectivity index (χ2n) is 5.83. The summed E-state index contributed by atoms with van der Waals surface area (Å²) in [4.78, 5) is 26.2. The lowest BCUT2D eigenvalue weighted by Crippen LogP contribution is -2.42. The van der Waals surface area contributed by atoms with Gasteiger partial charge in [-0.1, -0.05) is 6.92 Å². The van der Waals surface area contributed by atoms with Crippen molar-refractivity contribution in [3.63, 3.8) is 0 Å². The van der Waals surface area contributed by atoms with E-state index in [0.29, 0.717) is 19.6 Å². The van der Waals surface area contributed by atoms with Gasteiger partial charge in [0.05, 0.1) is 6.54 Å². The van der Waals surface area contributed by atoms with Crippen LogP contribution in [0.4, 0.5) is 4.79 Å². The summed E-state index contributed by atoms with van der Waals surface area (Å²) >= 11 is 0.